The first kappa shape index (κ1) is 18.6. The van der Waals surface area contributed by atoms with Crippen molar-refractivity contribution in [3.8, 4) is 17.2 Å². The van der Waals surface area contributed by atoms with Gasteiger partial charge in [-0.05, 0) is 25.3 Å². The van der Waals surface area contributed by atoms with Crippen molar-refractivity contribution in [3.05, 3.63) is 53.6 Å². The highest BCUT2D eigenvalue weighted by atomic mass is 16.5. The number of aryl methyl sites for hydroxylation is 1. The van der Waals surface area contributed by atoms with Crippen molar-refractivity contribution >= 4 is 5.91 Å². The van der Waals surface area contributed by atoms with E-state index in [9.17, 15) is 4.79 Å². The summed E-state index contributed by atoms with van der Waals surface area (Å²) in [6.45, 7) is 1.99. The molecule has 0 radical (unpaired) electrons. The van der Waals surface area contributed by atoms with E-state index in [1.165, 1.54) is 19.8 Å². The lowest BCUT2D eigenvalue weighted by molar-refractivity contribution is 0.0935. The third-order valence-electron chi connectivity index (χ3n) is 4.04. The van der Waals surface area contributed by atoms with Crippen LogP contribution in [0.15, 0.2) is 42.5 Å². The predicted molar refractivity (Wildman–Crippen MR) is 97.8 cm³/mol. The third kappa shape index (κ3) is 4.89. The van der Waals surface area contributed by atoms with E-state index >= 15 is 0 Å². The third-order valence-corrected chi connectivity index (χ3v) is 4.04. The number of amides is 1. The Balaban J connectivity index is 2.06. The van der Waals surface area contributed by atoms with Crippen molar-refractivity contribution in [2.45, 2.75) is 25.8 Å². The summed E-state index contributed by atoms with van der Waals surface area (Å²) in [5.41, 5.74) is 1.68. The van der Waals surface area contributed by atoms with Crippen molar-refractivity contribution in [1.29, 1.82) is 0 Å². The zero-order chi connectivity index (χ0) is 18.2. The Bertz CT molecular complexity index is 700. The maximum atomic E-state index is 12.6. The first-order valence-electron chi connectivity index (χ1n) is 8.23. The van der Waals surface area contributed by atoms with Gasteiger partial charge >= 0.3 is 0 Å². The van der Waals surface area contributed by atoms with Gasteiger partial charge in [0.05, 0.1) is 26.9 Å². The van der Waals surface area contributed by atoms with Crippen LogP contribution in [0.3, 0.4) is 0 Å². The maximum absolute atomic E-state index is 12.6. The maximum Gasteiger partial charge on any atom is 0.255 e. The van der Waals surface area contributed by atoms with Gasteiger partial charge in [0.25, 0.3) is 5.91 Å². The van der Waals surface area contributed by atoms with Gasteiger partial charge in [0.1, 0.15) is 5.75 Å². The van der Waals surface area contributed by atoms with Gasteiger partial charge in [-0.1, -0.05) is 30.3 Å². The van der Waals surface area contributed by atoms with E-state index in [4.69, 9.17) is 14.2 Å². The van der Waals surface area contributed by atoms with Crippen LogP contribution in [-0.4, -0.2) is 33.3 Å². The van der Waals surface area contributed by atoms with Gasteiger partial charge < -0.3 is 19.5 Å². The average molecular weight is 343 g/mol. The summed E-state index contributed by atoms with van der Waals surface area (Å²) in [5, 5.41) is 3.01. The highest BCUT2D eigenvalue weighted by Gasteiger charge is 2.19. The highest BCUT2D eigenvalue weighted by Crippen LogP contribution is 2.34. The van der Waals surface area contributed by atoms with Crippen molar-refractivity contribution in [2.24, 2.45) is 0 Å². The molecule has 2 aromatic carbocycles. The van der Waals surface area contributed by atoms with Crippen LogP contribution >= 0.6 is 0 Å². The number of rotatable bonds is 8. The number of benzene rings is 2. The molecular formula is C20H25NO4. The fourth-order valence-electron chi connectivity index (χ4n) is 2.61. The number of carbonyl (C=O) groups excluding carboxylic acids is 1. The SMILES string of the molecule is COc1cc(OC)c(C(=O)NC(C)CCc2ccccc2)cc1OC. The molecule has 0 fully saturated rings. The average Bonchev–Trinajstić information content (AvgIpc) is 2.65. The topological polar surface area (TPSA) is 56.8 Å². The van der Waals surface area contributed by atoms with Crippen molar-refractivity contribution in [1.82, 2.24) is 5.32 Å². The molecule has 5 nitrogen and oxygen atoms in total. The van der Waals surface area contributed by atoms with Crippen LogP contribution in [0.1, 0.15) is 29.3 Å². The molecule has 0 bridgehead atoms. The monoisotopic (exact) mass is 343 g/mol. The van der Waals surface area contributed by atoms with E-state index in [2.05, 4.69) is 17.4 Å². The molecule has 5 heteroatoms. The second kappa shape index (κ2) is 8.97. The molecule has 1 N–H and O–H groups in total. The van der Waals surface area contributed by atoms with E-state index in [0.717, 1.165) is 12.8 Å². The number of hydrogen-bond donors (Lipinski definition) is 1. The Morgan fingerprint density at radius 1 is 0.960 bits per heavy atom. The zero-order valence-electron chi connectivity index (χ0n) is 15.2. The molecule has 0 aliphatic heterocycles. The second-order valence-corrected chi connectivity index (χ2v) is 5.81. The van der Waals surface area contributed by atoms with Crippen LogP contribution in [0.4, 0.5) is 0 Å². The van der Waals surface area contributed by atoms with Crippen LogP contribution in [0.25, 0.3) is 0 Å². The van der Waals surface area contributed by atoms with Gasteiger partial charge in [-0.25, -0.2) is 0 Å². The van der Waals surface area contributed by atoms with Gasteiger partial charge in [-0.15, -0.1) is 0 Å². The van der Waals surface area contributed by atoms with Crippen LogP contribution in [0.2, 0.25) is 0 Å². The molecular weight excluding hydrogens is 318 g/mol. The molecule has 0 spiro atoms. The minimum Gasteiger partial charge on any atom is -0.496 e. The minimum absolute atomic E-state index is 0.0329. The summed E-state index contributed by atoms with van der Waals surface area (Å²) in [5.74, 6) is 1.27. The van der Waals surface area contributed by atoms with Gasteiger partial charge in [0, 0.05) is 18.2 Å². The second-order valence-electron chi connectivity index (χ2n) is 5.81. The standard InChI is InChI=1S/C20H25NO4/c1-14(10-11-15-8-6-5-7-9-15)21-20(22)16-12-18(24-3)19(25-4)13-17(16)23-2/h5-9,12-14H,10-11H2,1-4H3,(H,21,22). The van der Waals surface area contributed by atoms with Crippen molar-refractivity contribution in [2.75, 3.05) is 21.3 Å². The Kier molecular flexibility index (Phi) is 6.69. The smallest absolute Gasteiger partial charge is 0.255 e. The molecule has 1 unspecified atom stereocenters. The molecule has 0 heterocycles. The van der Waals surface area contributed by atoms with Crippen LogP contribution < -0.4 is 19.5 Å². The lowest BCUT2D eigenvalue weighted by Gasteiger charge is -2.17. The summed E-state index contributed by atoms with van der Waals surface area (Å²) < 4.78 is 15.8. The summed E-state index contributed by atoms with van der Waals surface area (Å²) in [7, 11) is 4.61. The largest absolute Gasteiger partial charge is 0.496 e. The molecule has 0 aromatic heterocycles. The van der Waals surface area contributed by atoms with E-state index in [1.807, 2.05) is 25.1 Å². The number of carbonyl (C=O) groups is 1. The molecule has 134 valence electrons. The number of nitrogens with one attached hydrogen (secondary N) is 1. The van der Waals surface area contributed by atoms with E-state index in [1.54, 1.807) is 19.2 Å². The number of ether oxygens (including phenoxy) is 3. The quantitative estimate of drug-likeness (QED) is 0.797. The fraction of sp³-hybridized carbons (Fsp3) is 0.350. The van der Waals surface area contributed by atoms with Gasteiger partial charge in [0.2, 0.25) is 0 Å². The first-order chi connectivity index (χ1) is 12.1. The normalized spacial score (nSPS) is 11.5. The van der Waals surface area contributed by atoms with Crippen LogP contribution in [0.5, 0.6) is 17.2 Å². The molecule has 0 aliphatic carbocycles. The Hall–Kier alpha value is -2.69. The van der Waals surface area contributed by atoms with Crippen molar-refractivity contribution < 1.29 is 19.0 Å². The minimum atomic E-state index is -0.196. The molecule has 1 atom stereocenters. The zero-order valence-corrected chi connectivity index (χ0v) is 15.2. The highest BCUT2D eigenvalue weighted by molar-refractivity contribution is 5.98. The number of methoxy groups -OCH3 is 3. The van der Waals surface area contributed by atoms with Crippen molar-refractivity contribution in [3.63, 3.8) is 0 Å². The molecule has 0 aliphatic rings. The Labute approximate surface area is 148 Å². The predicted octanol–water partition coefficient (Wildman–Crippen LogP) is 3.46. The van der Waals surface area contributed by atoms with E-state index in [0.29, 0.717) is 22.8 Å². The molecule has 0 saturated carbocycles. The van der Waals surface area contributed by atoms with Crippen LogP contribution in [-0.2, 0) is 6.42 Å². The molecule has 0 saturated heterocycles. The molecule has 1 amide bonds. The molecule has 2 aromatic rings. The Morgan fingerprint density at radius 2 is 1.56 bits per heavy atom. The van der Waals surface area contributed by atoms with Gasteiger partial charge in [0.15, 0.2) is 11.5 Å². The lowest BCUT2D eigenvalue weighted by Crippen LogP contribution is -2.33. The van der Waals surface area contributed by atoms with E-state index in [-0.39, 0.29) is 11.9 Å². The van der Waals surface area contributed by atoms with Gasteiger partial charge in [-0.2, -0.15) is 0 Å². The lowest BCUT2D eigenvalue weighted by atomic mass is 10.1. The molecule has 25 heavy (non-hydrogen) atoms. The Morgan fingerprint density at radius 3 is 2.16 bits per heavy atom. The summed E-state index contributed by atoms with van der Waals surface area (Å²) in [6, 6.07) is 13.5. The molecule has 2 rings (SSSR count). The fourth-order valence-corrected chi connectivity index (χ4v) is 2.61. The van der Waals surface area contributed by atoms with E-state index < -0.39 is 0 Å². The summed E-state index contributed by atoms with van der Waals surface area (Å²) >= 11 is 0. The number of hydrogen-bond acceptors (Lipinski definition) is 4. The summed E-state index contributed by atoms with van der Waals surface area (Å²) in [4.78, 5) is 12.6. The van der Waals surface area contributed by atoms with Crippen LogP contribution in [0, 0.1) is 0 Å². The van der Waals surface area contributed by atoms with Gasteiger partial charge in [-0.3, -0.25) is 4.79 Å². The first-order valence-corrected chi connectivity index (χ1v) is 8.23. The summed E-state index contributed by atoms with van der Waals surface area (Å²) in [6.07, 6.45) is 1.76.